The Balaban J connectivity index is 2.47. The molecule has 0 bridgehead atoms. The van der Waals surface area contributed by atoms with Gasteiger partial charge in [-0.1, -0.05) is 25.1 Å². The normalized spacial score (nSPS) is 12.6. The first kappa shape index (κ1) is 10.6. The molecule has 0 saturated heterocycles. The predicted octanol–water partition coefficient (Wildman–Crippen LogP) is 2.81. The van der Waals surface area contributed by atoms with E-state index in [1.807, 2.05) is 31.2 Å². The lowest BCUT2D eigenvalue weighted by Gasteiger charge is -2.12. The largest absolute Gasteiger partial charge is 0.481 e. The van der Waals surface area contributed by atoms with Crippen LogP contribution in [0, 0.1) is 0 Å². The van der Waals surface area contributed by atoms with Crippen molar-refractivity contribution in [3.05, 3.63) is 42.2 Å². The Labute approximate surface area is 93.7 Å². The molecule has 0 fully saturated rings. The third-order valence-electron chi connectivity index (χ3n) is 2.73. The van der Waals surface area contributed by atoms with Crippen molar-refractivity contribution in [1.82, 2.24) is 4.98 Å². The lowest BCUT2D eigenvalue weighted by Crippen LogP contribution is -2.03. The summed E-state index contributed by atoms with van der Waals surface area (Å²) in [6.07, 6.45) is 3.69. The van der Waals surface area contributed by atoms with E-state index in [1.165, 1.54) is 0 Å². The molecule has 2 aromatic rings. The minimum absolute atomic E-state index is 0.0172. The van der Waals surface area contributed by atoms with Crippen molar-refractivity contribution in [1.29, 1.82) is 0 Å². The van der Waals surface area contributed by atoms with Crippen molar-refractivity contribution in [3.63, 3.8) is 0 Å². The molecule has 1 heterocycles. The fourth-order valence-electron chi connectivity index (χ4n) is 1.95. The van der Waals surface area contributed by atoms with Crippen LogP contribution in [0.2, 0.25) is 0 Å². The van der Waals surface area contributed by atoms with Gasteiger partial charge in [0.25, 0.3) is 0 Å². The number of benzene rings is 1. The quantitative estimate of drug-likeness (QED) is 0.856. The zero-order chi connectivity index (χ0) is 11.5. The maximum Gasteiger partial charge on any atom is 0.303 e. The number of carbonyl (C=O) groups is 1. The number of carboxylic acid groups (broad SMARTS) is 1. The van der Waals surface area contributed by atoms with E-state index >= 15 is 0 Å². The minimum atomic E-state index is -0.765. The van der Waals surface area contributed by atoms with Crippen LogP contribution in [-0.2, 0) is 4.79 Å². The Hall–Kier alpha value is -1.90. The molecule has 1 aromatic heterocycles. The van der Waals surface area contributed by atoms with Crippen LogP contribution in [0.15, 0.2) is 36.7 Å². The first-order chi connectivity index (χ1) is 7.68. The molecule has 0 spiro atoms. The van der Waals surface area contributed by atoms with Crippen LogP contribution in [-0.4, -0.2) is 16.1 Å². The van der Waals surface area contributed by atoms with E-state index in [1.54, 1.807) is 12.4 Å². The molecule has 3 nitrogen and oxygen atoms in total. The van der Waals surface area contributed by atoms with E-state index in [-0.39, 0.29) is 12.3 Å². The van der Waals surface area contributed by atoms with Crippen molar-refractivity contribution in [3.8, 4) is 0 Å². The van der Waals surface area contributed by atoms with Crippen LogP contribution in [0.25, 0.3) is 10.8 Å². The predicted molar refractivity (Wildman–Crippen MR) is 62.4 cm³/mol. The summed E-state index contributed by atoms with van der Waals surface area (Å²) in [6.45, 7) is 1.93. The number of aromatic nitrogens is 1. The van der Waals surface area contributed by atoms with Gasteiger partial charge in [0, 0.05) is 17.8 Å². The van der Waals surface area contributed by atoms with Gasteiger partial charge < -0.3 is 5.11 Å². The van der Waals surface area contributed by atoms with Gasteiger partial charge in [0.2, 0.25) is 0 Å². The van der Waals surface area contributed by atoms with E-state index in [0.29, 0.717) is 0 Å². The van der Waals surface area contributed by atoms with Crippen LogP contribution in [0.3, 0.4) is 0 Å². The molecular weight excluding hydrogens is 202 g/mol. The maximum atomic E-state index is 10.7. The first-order valence-corrected chi connectivity index (χ1v) is 5.23. The van der Waals surface area contributed by atoms with Crippen LogP contribution < -0.4 is 0 Å². The average molecular weight is 215 g/mol. The number of nitrogens with zero attached hydrogens (tertiary/aromatic N) is 1. The van der Waals surface area contributed by atoms with Gasteiger partial charge in [0.15, 0.2) is 0 Å². The fraction of sp³-hybridized carbons (Fsp3) is 0.231. The van der Waals surface area contributed by atoms with E-state index in [2.05, 4.69) is 4.98 Å². The molecule has 1 atom stereocenters. The average Bonchev–Trinajstić information content (AvgIpc) is 2.27. The van der Waals surface area contributed by atoms with Gasteiger partial charge in [-0.15, -0.1) is 0 Å². The molecule has 3 heteroatoms. The molecule has 1 N–H and O–H groups in total. The Morgan fingerprint density at radius 3 is 3.00 bits per heavy atom. The minimum Gasteiger partial charge on any atom is -0.481 e. The highest BCUT2D eigenvalue weighted by molar-refractivity contribution is 5.85. The highest BCUT2D eigenvalue weighted by Crippen LogP contribution is 2.26. The van der Waals surface area contributed by atoms with Gasteiger partial charge in [-0.2, -0.15) is 0 Å². The van der Waals surface area contributed by atoms with Gasteiger partial charge in [0.1, 0.15) is 0 Å². The summed E-state index contributed by atoms with van der Waals surface area (Å²) in [5.41, 5.74) is 1.07. The SMILES string of the molecule is CC(CC(=O)O)c1cccc2cnccc12. The molecule has 0 amide bonds. The van der Waals surface area contributed by atoms with Gasteiger partial charge in [-0.3, -0.25) is 9.78 Å². The summed E-state index contributed by atoms with van der Waals surface area (Å²) < 4.78 is 0. The van der Waals surface area contributed by atoms with Crippen LogP contribution in [0.4, 0.5) is 0 Å². The van der Waals surface area contributed by atoms with Crippen LogP contribution >= 0.6 is 0 Å². The molecule has 0 radical (unpaired) electrons. The Kier molecular flexibility index (Phi) is 2.86. The molecule has 1 aromatic carbocycles. The van der Waals surface area contributed by atoms with Crippen molar-refractivity contribution in [2.75, 3.05) is 0 Å². The molecule has 1 unspecified atom stereocenters. The third kappa shape index (κ3) is 2.03. The van der Waals surface area contributed by atoms with E-state index in [9.17, 15) is 4.79 Å². The number of pyridine rings is 1. The number of hydrogen-bond donors (Lipinski definition) is 1. The number of aliphatic carboxylic acids is 1. The lowest BCUT2D eigenvalue weighted by molar-refractivity contribution is -0.137. The highest BCUT2D eigenvalue weighted by atomic mass is 16.4. The maximum absolute atomic E-state index is 10.7. The number of carboxylic acids is 1. The topological polar surface area (TPSA) is 50.2 Å². The second-order valence-corrected chi connectivity index (χ2v) is 3.94. The summed E-state index contributed by atoms with van der Waals surface area (Å²) in [7, 11) is 0. The van der Waals surface area contributed by atoms with E-state index in [0.717, 1.165) is 16.3 Å². The summed E-state index contributed by atoms with van der Waals surface area (Å²) >= 11 is 0. The number of hydrogen-bond acceptors (Lipinski definition) is 2. The molecule has 0 aliphatic rings. The van der Waals surface area contributed by atoms with Gasteiger partial charge in [-0.05, 0) is 22.9 Å². The Morgan fingerprint density at radius 1 is 1.44 bits per heavy atom. The Bertz CT molecular complexity index is 517. The summed E-state index contributed by atoms with van der Waals surface area (Å²) in [5, 5.41) is 10.9. The van der Waals surface area contributed by atoms with Gasteiger partial charge in [-0.25, -0.2) is 0 Å². The van der Waals surface area contributed by atoms with Crippen LogP contribution in [0.1, 0.15) is 24.8 Å². The lowest BCUT2D eigenvalue weighted by atomic mass is 9.93. The highest BCUT2D eigenvalue weighted by Gasteiger charge is 2.12. The smallest absolute Gasteiger partial charge is 0.303 e. The van der Waals surface area contributed by atoms with E-state index < -0.39 is 5.97 Å². The van der Waals surface area contributed by atoms with Gasteiger partial charge >= 0.3 is 5.97 Å². The number of rotatable bonds is 3. The monoisotopic (exact) mass is 215 g/mol. The van der Waals surface area contributed by atoms with E-state index in [4.69, 9.17) is 5.11 Å². The second-order valence-electron chi connectivity index (χ2n) is 3.94. The molecule has 0 aliphatic heterocycles. The molecule has 16 heavy (non-hydrogen) atoms. The molecule has 0 aliphatic carbocycles. The summed E-state index contributed by atoms with van der Waals surface area (Å²) in [5.74, 6) is -0.748. The molecule has 2 rings (SSSR count). The fourth-order valence-corrected chi connectivity index (χ4v) is 1.95. The van der Waals surface area contributed by atoms with Crippen molar-refractivity contribution >= 4 is 16.7 Å². The zero-order valence-corrected chi connectivity index (χ0v) is 9.05. The standard InChI is InChI=1S/C13H13NO2/c1-9(7-13(15)16)11-4-2-3-10-8-14-6-5-12(10)11/h2-6,8-9H,7H2,1H3,(H,15,16). The van der Waals surface area contributed by atoms with Crippen molar-refractivity contribution in [2.24, 2.45) is 0 Å². The molecular formula is C13H13NO2. The van der Waals surface area contributed by atoms with Crippen molar-refractivity contribution in [2.45, 2.75) is 19.3 Å². The first-order valence-electron chi connectivity index (χ1n) is 5.23. The zero-order valence-electron chi connectivity index (χ0n) is 9.05. The van der Waals surface area contributed by atoms with Gasteiger partial charge in [0.05, 0.1) is 6.42 Å². The Morgan fingerprint density at radius 2 is 2.25 bits per heavy atom. The van der Waals surface area contributed by atoms with Crippen molar-refractivity contribution < 1.29 is 9.90 Å². The summed E-state index contributed by atoms with van der Waals surface area (Å²) in [6, 6.07) is 7.84. The third-order valence-corrected chi connectivity index (χ3v) is 2.73. The summed E-state index contributed by atoms with van der Waals surface area (Å²) in [4.78, 5) is 14.8. The number of fused-ring (bicyclic) bond motifs is 1. The van der Waals surface area contributed by atoms with Crippen LogP contribution in [0.5, 0.6) is 0 Å². The second kappa shape index (κ2) is 4.31. The molecule has 0 saturated carbocycles. The molecule has 82 valence electrons.